The first-order valence-corrected chi connectivity index (χ1v) is 5.78. The highest BCUT2D eigenvalue weighted by atomic mass is 19.4. The minimum Gasteiger partial charge on any atom is -0.310 e. The van der Waals surface area contributed by atoms with Gasteiger partial charge in [0, 0.05) is 5.69 Å². The van der Waals surface area contributed by atoms with Crippen LogP contribution in [0, 0.1) is 6.92 Å². The zero-order valence-corrected chi connectivity index (χ0v) is 10.5. The molecule has 1 heterocycles. The number of hydrogen-bond donors (Lipinski definition) is 1. The third kappa shape index (κ3) is 3.57. The molecule has 2 aromatic rings. The Kier molecular flexibility index (Phi) is 3.74. The third-order valence-electron chi connectivity index (χ3n) is 2.58. The van der Waals surface area contributed by atoms with E-state index >= 15 is 0 Å². The summed E-state index contributed by atoms with van der Waals surface area (Å²) in [5.74, 6) is 0. The van der Waals surface area contributed by atoms with Crippen LogP contribution in [0.1, 0.15) is 22.5 Å². The van der Waals surface area contributed by atoms with Gasteiger partial charge in [-0.1, -0.05) is 18.2 Å². The Morgan fingerprint density at radius 2 is 1.80 bits per heavy atom. The molecule has 2 rings (SSSR count). The molecule has 0 unspecified atom stereocenters. The van der Waals surface area contributed by atoms with E-state index in [9.17, 15) is 18.0 Å². The second-order valence-corrected chi connectivity index (χ2v) is 4.25. The Labute approximate surface area is 112 Å². The maximum absolute atomic E-state index is 12.4. The van der Waals surface area contributed by atoms with E-state index in [1.54, 1.807) is 25.1 Å². The quantitative estimate of drug-likeness (QED) is 0.917. The van der Waals surface area contributed by atoms with Crippen LogP contribution in [0.4, 0.5) is 13.2 Å². The number of halogens is 3. The second kappa shape index (κ2) is 5.32. The van der Waals surface area contributed by atoms with E-state index in [0.717, 1.165) is 12.1 Å². The number of aromatic nitrogens is 2. The van der Waals surface area contributed by atoms with Gasteiger partial charge in [0.2, 0.25) is 0 Å². The summed E-state index contributed by atoms with van der Waals surface area (Å²) in [6.45, 7) is 1.72. The maximum Gasteiger partial charge on any atom is 0.416 e. The lowest BCUT2D eigenvalue weighted by Crippen LogP contribution is -2.11. The van der Waals surface area contributed by atoms with Gasteiger partial charge in [-0.2, -0.15) is 18.2 Å². The molecular formula is C14H11F3N2O. The minimum atomic E-state index is -4.34. The standard InChI is InChI=1S/C14H11F3N2O/c1-9-8-12(19-13(20)18-9)7-4-10-2-5-11(6-3-10)14(15,16)17/h2-8H,1H3,(H,18,19,20). The van der Waals surface area contributed by atoms with Gasteiger partial charge in [-0.15, -0.1) is 0 Å². The minimum absolute atomic E-state index is 0.450. The van der Waals surface area contributed by atoms with E-state index in [2.05, 4.69) is 9.97 Å². The average molecular weight is 280 g/mol. The molecule has 0 saturated carbocycles. The summed E-state index contributed by atoms with van der Waals surface area (Å²) in [4.78, 5) is 17.4. The van der Waals surface area contributed by atoms with E-state index in [1.165, 1.54) is 12.1 Å². The van der Waals surface area contributed by atoms with Crippen LogP contribution in [0.3, 0.4) is 0 Å². The summed E-state index contributed by atoms with van der Waals surface area (Å²) in [5.41, 5.74) is 0.554. The molecule has 0 aliphatic carbocycles. The molecular weight excluding hydrogens is 269 g/mol. The Balaban J connectivity index is 2.21. The SMILES string of the molecule is Cc1cc(C=Cc2ccc(C(F)(F)F)cc2)nc(=O)[nH]1. The van der Waals surface area contributed by atoms with Crippen molar-refractivity contribution in [1.29, 1.82) is 0 Å². The van der Waals surface area contributed by atoms with Crippen LogP contribution < -0.4 is 5.69 Å². The lowest BCUT2D eigenvalue weighted by Gasteiger charge is -2.05. The van der Waals surface area contributed by atoms with E-state index in [0.29, 0.717) is 17.0 Å². The van der Waals surface area contributed by atoms with Crippen molar-refractivity contribution < 1.29 is 13.2 Å². The third-order valence-corrected chi connectivity index (χ3v) is 2.58. The van der Waals surface area contributed by atoms with Crippen molar-refractivity contribution in [3.8, 4) is 0 Å². The van der Waals surface area contributed by atoms with Crippen LogP contribution in [-0.4, -0.2) is 9.97 Å². The number of nitrogens with one attached hydrogen (secondary N) is 1. The van der Waals surface area contributed by atoms with Gasteiger partial charge in [-0.3, -0.25) is 0 Å². The van der Waals surface area contributed by atoms with Gasteiger partial charge in [-0.05, 0) is 36.8 Å². The van der Waals surface area contributed by atoms with Gasteiger partial charge in [0.1, 0.15) is 0 Å². The molecule has 6 heteroatoms. The van der Waals surface area contributed by atoms with Gasteiger partial charge in [0.15, 0.2) is 0 Å². The fraction of sp³-hybridized carbons (Fsp3) is 0.143. The molecule has 1 aromatic carbocycles. The van der Waals surface area contributed by atoms with Gasteiger partial charge in [0.25, 0.3) is 0 Å². The van der Waals surface area contributed by atoms with Crippen molar-refractivity contribution in [2.24, 2.45) is 0 Å². The molecule has 0 amide bonds. The smallest absolute Gasteiger partial charge is 0.310 e. The number of aromatic amines is 1. The van der Waals surface area contributed by atoms with Crippen molar-refractivity contribution in [2.45, 2.75) is 13.1 Å². The Morgan fingerprint density at radius 3 is 2.35 bits per heavy atom. The number of aryl methyl sites for hydroxylation is 1. The average Bonchev–Trinajstić information content (AvgIpc) is 2.35. The van der Waals surface area contributed by atoms with E-state index in [-0.39, 0.29) is 0 Å². The Hall–Kier alpha value is -2.37. The van der Waals surface area contributed by atoms with E-state index in [1.807, 2.05) is 0 Å². The highest BCUT2D eigenvalue weighted by Gasteiger charge is 2.29. The fourth-order valence-electron chi connectivity index (χ4n) is 1.65. The second-order valence-electron chi connectivity index (χ2n) is 4.25. The molecule has 0 radical (unpaired) electrons. The predicted octanol–water partition coefficient (Wildman–Crippen LogP) is 3.27. The van der Waals surface area contributed by atoms with Crippen molar-refractivity contribution in [3.63, 3.8) is 0 Å². The highest BCUT2D eigenvalue weighted by Crippen LogP contribution is 2.29. The predicted molar refractivity (Wildman–Crippen MR) is 70.0 cm³/mol. The molecule has 3 nitrogen and oxygen atoms in total. The largest absolute Gasteiger partial charge is 0.416 e. The van der Waals surface area contributed by atoms with Crippen LogP contribution in [0.2, 0.25) is 0 Å². The molecule has 1 N–H and O–H groups in total. The first kappa shape index (κ1) is 14.0. The number of hydrogen-bond acceptors (Lipinski definition) is 2. The molecule has 0 aliphatic heterocycles. The van der Waals surface area contributed by atoms with Crippen molar-refractivity contribution >= 4 is 12.2 Å². The monoisotopic (exact) mass is 280 g/mol. The molecule has 0 aliphatic rings. The Bertz CT molecular complexity index is 685. The van der Waals surface area contributed by atoms with Crippen LogP contribution in [0.25, 0.3) is 12.2 Å². The Morgan fingerprint density at radius 1 is 1.15 bits per heavy atom. The number of rotatable bonds is 2. The number of H-pyrrole nitrogens is 1. The summed E-state index contributed by atoms with van der Waals surface area (Å²) in [6.07, 6.45) is -1.17. The summed E-state index contributed by atoms with van der Waals surface area (Å²) >= 11 is 0. The molecule has 0 saturated heterocycles. The number of benzene rings is 1. The zero-order chi connectivity index (χ0) is 14.8. The van der Waals surface area contributed by atoms with E-state index in [4.69, 9.17) is 0 Å². The summed E-state index contributed by atoms with van der Waals surface area (Å²) < 4.78 is 37.2. The van der Waals surface area contributed by atoms with Gasteiger partial charge in [-0.25, -0.2) is 4.79 Å². The maximum atomic E-state index is 12.4. The van der Waals surface area contributed by atoms with Crippen LogP contribution >= 0.6 is 0 Å². The number of alkyl halides is 3. The van der Waals surface area contributed by atoms with Gasteiger partial charge >= 0.3 is 11.9 Å². The molecule has 104 valence electrons. The molecule has 0 bridgehead atoms. The number of nitrogens with zero attached hydrogens (tertiary/aromatic N) is 1. The molecule has 1 aromatic heterocycles. The van der Waals surface area contributed by atoms with E-state index < -0.39 is 17.4 Å². The molecule has 0 spiro atoms. The van der Waals surface area contributed by atoms with Gasteiger partial charge < -0.3 is 4.98 Å². The lowest BCUT2D eigenvalue weighted by molar-refractivity contribution is -0.137. The first-order chi connectivity index (χ1) is 9.34. The van der Waals surface area contributed by atoms with Crippen molar-refractivity contribution in [3.05, 3.63) is 63.3 Å². The topological polar surface area (TPSA) is 45.8 Å². The fourth-order valence-corrected chi connectivity index (χ4v) is 1.65. The summed E-state index contributed by atoms with van der Waals surface area (Å²) in [6, 6.07) is 6.41. The molecule has 0 fully saturated rings. The van der Waals surface area contributed by atoms with Crippen molar-refractivity contribution in [2.75, 3.05) is 0 Å². The van der Waals surface area contributed by atoms with Crippen LogP contribution in [0.5, 0.6) is 0 Å². The summed E-state index contributed by atoms with van der Waals surface area (Å²) in [7, 11) is 0. The normalized spacial score (nSPS) is 12.0. The van der Waals surface area contributed by atoms with Crippen LogP contribution in [0.15, 0.2) is 35.1 Å². The molecule has 20 heavy (non-hydrogen) atoms. The van der Waals surface area contributed by atoms with Gasteiger partial charge in [0.05, 0.1) is 11.3 Å². The molecule has 0 atom stereocenters. The zero-order valence-electron chi connectivity index (χ0n) is 10.5. The summed E-state index contributed by atoms with van der Waals surface area (Å²) in [5, 5.41) is 0. The highest BCUT2D eigenvalue weighted by molar-refractivity contribution is 5.68. The van der Waals surface area contributed by atoms with Crippen LogP contribution in [-0.2, 0) is 6.18 Å². The van der Waals surface area contributed by atoms with Crippen molar-refractivity contribution in [1.82, 2.24) is 9.97 Å². The first-order valence-electron chi connectivity index (χ1n) is 5.78. The lowest BCUT2D eigenvalue weighted by atomic mass is 10.1.